The van der Waals surface area contributed by atoms with Gasteiger partial charge in [-0.25, -0.2) is 0 Å². The van der Waals surface area contributed by atoms with Crippen LogP contribution in [0.1, 0.15) is 60.3 Å². The minimum atomic E-state index is -0.0343. The molecule has 2 rings (SSSR count). The van der Waals surface area contributed by atoms with Crippen molar-refractivity contribution in [1.29, 1.82) is 0 Å². The van der Waals surface area contributed by atoms with Crippen molar-refractivity contribution >= 4 is 35.8 Å². The minimum Gasteiger partial charge on any atom is -0.352 e. The van der Waals surface area contributed by atoms with E-state index in [2.05, 4.69) is 45.7 Å². The topological polar surface area (TPSA) is 74.6 Å². The van der Waals surface area contributed by atoms with Gasteiger partial charge in [0.1, 0.15) is 0 Å². The third-order valence-electron chi connectivity index (χ3n) is 4.64. The number of nitrogens with zero attached hydrogens (tertiary/aromatic N) is 4. The number of hydrogen-bond donors (Lipinski definition) is 2. The van der Waals surface area contributed by atoms with Gasteiger partial charge in [-0.15, -0.1) is 24.0 Å². The first-order valence-corrected chi connectivity index (χ1v) is 10.2. The fraction of sp³-hybridized carbons (Fsp3) is 0.500. The van der Waals surface area contributed by atoms with Crippen molar-refractivity contribution in [1.82, 2.24) is 25.3 Å². The number of nitrogens with one attached hydrogen (secondary N) is 2. The Balaban J connectivity index is 0.00000450. The lowest BCUT2D eigenvalue weighted by Crippen LogP contribution is -2.38. The van der Waals surface area contributed by atoms with Crippen LogP contribution in [0.3, 0.4) is 0 Å². The van der Waals surface area contributed by atoms with E-state index >= 15 is 0 Å². The van der Waals surface area contributed by atoms with E-state index in [0.29, 0.717) is 24.6 Å². The number of aromatic nitrogens is 2. The quantitative estimate of drug-likeness (QED) is 0.314. The van der Waals surface area contributed by atoms with Crippen molar-refractivity contribution < 1.29 is 4.79 Å². The SMILES string of the molecule is CCCNC(=O)c1cccc(CNC(=NC)N(C)Cc2cn(C)nc2C(C)C)c1.I. The molecule has 0 bridgehead atoms. The molecule has 0 unspecified atom stereocenters. The molecule has 1 amide bonds. The second-order valence-corrected chi connectivity index (χ2v) is 7.58. The molecule has 1 aromatic carbocycles. The Bertz CT molecular complexity index is 846. The van der Waals surface area contributed by atoms with Crippen molar-refractivity contribution in [2.45, 2.75) is 46.2 Å². The van der Waals surface area contributed by atoms with Crippen molar-refractivity contribution in [3.8, 4) is 0 Å². The van der Waals surface area contributed by atoms with E-state index in [1.807, 2.05) is 50.0 Å². The average molecular weight is 526 g/mol. The molecule has 0 aliphatic carbocycles. The molecule has 8 heteroatoms. The second-order valence-electron chi connectivity index (χ2n) is 7.58. The van der Waals surface area contributed by atoms with Gasteiger partial charge in [0.25, 0.3) is 5.91 Å². The summed E-state index contributed by atoms with van der Waals surface area (Å²) in [5.74, 6) is 1.13. The highest BCUT2D eigenvalue weighted by Crippen LogP contribution is 2.18. The molecule has 30 heavy (non-hydrogen) atoms. The fourth-order valence-corrected chi connectivity index (χ4v) is 3.22. The Morgan fingerprint density at radius 1 is 1.30 bits per heavy atom. The van der Waals surface area contributed by atoms with Crippen molar-refractivity contribution in [2.75, 3.05) is 20.6 Å². The fourth-order valence-electron chi connectivity index (χ4n) is 3.22. The molecule has 0 spiro atoms. The van der Waals surface area contributed by atoms with Crippen LogP contribution in [0.4, 0.5) is 0 Å². The summed E-state index contributed by atoms with van der Waals surface area (Å²) in [5, 5.41) is 10.9. The number of carbonyl (C=O) groups is 1. The van der Waals surface area contributed by atoms with E-state index < -0.39 is 0 Å². The largest absolute Gasteiger partial charge is 0.352 e. The predicted octanol–water partition coefficient (Wildman–Crippen LogP) is 3.51. The summed E-state index contributed by atoms with van der Waals surface area (Å²) in [5.41, 5.74) is 4.02. The zero-order chi connectivity index (χ0) is 21.4. The minimum absolute atomic E-state index is 0. The Kier molecular flexibility index (Phi) is 10.9. The predicted molar refractivity (Wildman–Crippen MR) is 133 cm³/mol. The van der Waals surface area contributed by atoms with Gasteiger partial charge < -0.3 is 15.5 Å². The average Bonchev–Trinajstić information content (AvgIpc) is 3.07. The van der Waals surface area contributed by atoms with Crippen LogP contribution in [-0.2, 0) is 20.1 Å². The van der Waals surface area contributed by atoms with Gasteiger partial charge in [0, 0.05) is 58.1 Å². The van der Waals surface area contributed by atoms with Gasteiger partial charge in [-0.2, -0.15) is 5.10 Å². The normalized spacial score (nSPS) is 11.2. The van der Waals surface area contributed by atoms with Crippen LogP contribution < -0.4 is 10.6 Å². The summed E-state index contributed by atoms with van der Waals surface area (Å²) in [4.78, 5) is 18.7. The van der Waals surface area contributed by atoms with E-state index in [-0.39, 0.29) is 29.9 Å². The van der Waals surface area contributed by atoms with Crippen LogP contribution in [0.2, 0.25) is 0 Å². The van der Waals surface area contributed by atoms with Gasteiger partial charge >= 0.3 is 0 Å². The van der Waals surface area contributed by atoms with E-state index in [0.717, 1.165) is 30.2 Å². The molecule has 0 saturated heterocycles. The van der Waals surface area contributed by atoms with E-state index in [1.165, 1.54) is 5.56 Å². The first kappa shape index (κ1) is 25.9. The van der Waals surface area contributed by atoms with Gasteiger partial charge in [0.2, 0.25) is 0 Å². The molecule has 2 N–H and O–H groups in total. The number of halogens is 1. The van der Waals surface area contributed by atoms with E-state index in [1.54, 1.807) is 7.05 Å². The van der Waals surface area contributed by atoms with Crippen molar-refractivity contribution in [2.24, 2.45) is 12.0 Å². The molecule has 0 saturated carbocycles. The summed E-state index contributed by atoms with van der Waals surface area (Å²) < 4.78 is 1.86. The molecule has 2 aromatic rings. The van der Waals surface area contributed by atoms with Crippen LogP contribution in [0, 0.1) is 0 Å². The van der Waals surface area contributed by atoms with Crippen molar-refractivity contribution in [3.05, 3.63) is 52.8 Å². The molecule has 166 valence electrons. The summed E-state index contributed by atoms with van der Waals surface area (Å²) in [7, 11) is 5.74. The van der Waals surface area contributed by atoms with Gasteiger partial charge in [-0.05, 0) is 30.0 Å². The van der Waals surface area contributed by atoms with Crippen LogP contribution >= 0.6 is 24.0 Å². The number of aliphatic imine (C=N–C) groups is 1. The van der Waals surface area contributed by atoms with Crippen molar-refractivity contribution in [3.63, 3.8) is 0 Å². The number of rotatable bonds is 8. The lowest BCUT2D eigenvalue weighted by atomic mass is 10.1. The number of guanidine groups is 1. The number of carbonyl (C=O) groups excluding carboxylic acids is 1. The van der Waals surface area contributed by atoms with Crippen LogP contribution in [0.15, 0.2) is 35.5 Å². The highest BCUT2D eigenvalue weighted by molar-refractivity contribution is 14.0. The highest BCUT2D eigenvalue weighted by Gasteiger charge is 2.15. The Morgan fingerprint density at radius 2 is 2.03 bits per heavy atom. The van der Waals surface area contributed by atoms with Gasteiger partial charge in [0.05, 0.1) is 5.69 Å². The molecule has 1 heterocycles. The summed E-state index contributed by atoms with van der Waals surface area (Å²) in [6.45, 7) is 8.35. The number of aryl methyl sites for hydroxylation is 1. The lowest BCUT2D eigenvalue weighted by molar-refractivity contribution is 0.0953. The molecular weight excluding hydrogens is 491 g/mol. The molecular formula is C22H35IN6O. The molecule has 1 aromatic heterocycles. The van der Waals surface area contributed by atoms with Crippen LogP contribution in [0.25, 0.3) is 0 Å². The highest BCUT2D eigenvalue weighted by atomic mass is 127. The number of hydrogen-bond acceptors (Lipinski definition) is 3. The summed E-state index contributed by atoms with van der Waals surface area (Å²) >= 11 is 0. The van der Waals surface area contributed by atoms with E-state index in [4.69, 9.17) is 0 Å². The molecule has 7 nitrogen and oxygen atoms in total. The molecule has 0 aliphatic rings. The lowest BCUT2D eigenvalue weighted by Gasteiger charge is -2.22. The van der Waals surface area contributed by atoms with Gasteiger partial charge in [-0.3, -0.25) is 14.5 Å². The van der Waals surface area contributed by atoms with Crippen LogP contribution in [0.5, 0.6) is 0 Å². The number of benzene rings is 1. The molecule has 0 atom stereocenters. The summed E-state index contributed by atoms with van der Waals surface area (Å²) in [6, 6.07) is 7.68. The monoisotopic (exact) mass is 526 g/mol. The maximum absolute atomic E-state index is 12.2. The molecule has 0 radical (unpaired) electrons. The zero-order valence-corrected chi connectivity index (χ0v) is 21.2. The standard InChI is InChI=1S/C22H34N6O.HI/c1-7-11-24-21(29)18-10-8-9-17(12-18)13-25-22(23-4)27(5)14-19-15-28(6)26-20(19)16(2)3;/h8-10,12,15-16H,7,11,13-14H2,1-6H3,(H,23,25)(H,24,29);1H. The maximum atomic E-state index is 12.2. The third kappa shape index (κ3) is 7.30. The van der Waals surface area contributed by atoms with Gasteiger partial charge in [0.15, 0.2) is 5.96 Å². The Morgan fingerprint density at radius 3 is 2.67 bits per heavy atom. The summed E-state index contributed by atoms with van der Waals surface area (Å²) in [6.07, 6.45) is 2.99. The Hall–Kier alpha value is -2.10. The zero-order valence-electron chi connectivity index (χ0n) is 18.9. The third-order valence-corrected chi connectivity index (χ3v) is 4.64. The number of amides is 1. The first-order valence-electron chi connectivity index (χ1n) is 10.2. The second kappa shape index (κ2) is 12.6. The Labute approximate surface area is 197 Å². The first-order chi connectivity index (χ1) is 13.8. The van der Waals surface area contributed by atoms with E-state index in [9.17, 15) is 4.79 Å². The smallest absolute Gasteiger partial charge is 0.251 e. The molecule has 0 aliphatic heterocycles. The maximum Gasteiger partial charge on any atom is 0.251 e. The van der Waals surface area contributed by atoms with Crippen LogP contribution in [-0.4, -0.2) is 47.2 Å². The van der Waals surface area contributed by atoms with Gasteiger partial charge in [-0.1, -0.05) is 32.9 Å². The molecule has 0 fully saturated rings.